The number of para-hydroxylation sites is 1. The predicted molar refractivity (Wildman–Crippen MR) is 114 cm³/mol. The van der Waals surface area contributed by atoms with E-state index in [1.807, 2.05) is 49.4 Å². The zero-order chi connectivity index (χ0) is 20.1. The van der Waals surface area contributed by atoms with Crippen molar-refractivity contribution < 1.29 is 4.74 Å². The van der Waals surface area contributed by atoms with Gasteiger partial charge in [0.25, 0.3) is 0 Å². The molecule has 1 fully saturated rings. The molecule has 0 spiro atoms. The van der Waals surface area contributed by atoms with Crippen molar-refractivity contribution in [2.24, 2.45) is 0 Å². The van der Waals surface area contributed by atoms with Crippen LogP contribution in [0.5, 0.6) is 5.75 Å². The average Bonchev–Trinajstić information content (AvgIpc) is 3.17. The molecule has 1 aliphatic rings. The van der Waals surface area contributed by atoms with E-state index in [0.29, 0.717) is 31.0 Å². The fraction of sp³-hybridized carbons (Fsp3) is 0.318. The lowest BCUT2D eigenvalue weighted by Crippen LogP contribution is -2.24. The molecule has 2 aromatic carbocycles. The van der Waals surface area contributed by atoms with Gasteiger partial charge in [0.1, 0.15) is 11.6 Å². The van der Waals surface area contributed by atoms with Crippen molar-refractivity contribution in [2.75, 3.05) is 24.2 Å². The maximum Gasteiger partial charge on any atom is 0.232 e. The van der Waals surface area contributed by atoms with Gasteiger partial charge in [0, 0.05) is 11.7 Å². The average molecular weight is 390 g/mol. The summed E-state index contributed by atoms with van der Waals surface area (Å²) in [7, 11) is 0. The van der Waals surface area contributed by atoms with Crippen molar-refractivity contribution >= 4 is 17.6 Å². The van der Waals surface area contributed by atoms with Crippen molar-refractivity contribution in [3.05, 3.63) is 66.0 Å². The lowest BCUT2D eigenvalue weighted by molar-refractivity contribution is 0.242. The molecule has 29 heavy (non-hydrogen) atoms. The van der Waals surface area contributed by atoms with Crippen molar-refractivity contribution in [3.63, 3.8) is 0 Å². The summed E-state index contributed by atoms with van der Waals surface area (Å²) in [5, 5.41) is 3.20. The molecule has 7 nitrogen and oxygen atoms in total. The molecule has 2 heterocycles. The Morgan fingerprint density at radius 2 is 1.86 bits per heavy atom. The molecule has 0 amide bonds. The largest absolute Gasteiger partial charge is 0.494 e. The number of nitrogens with one attached hydrogen (secondary N) is 1. The molecule has 0 aliphatic carbocycles. The SMILES string of the molecule is CCOc1ccc(C2CCCN2Cc2nc(N)nc(Nc3ccccc3)n2)cc1. The number of benzene rings is 2. The van der Waals surface area contributed by atoms with Crippen LogP contribution in [-0.2, 0) is 6.54 Å². The Labute approximate surface area is 171 Å². The molecule has 1 unspecified atom stereocenters. The summed E-state index contributed by atoms with van der Waals surface area (Å²) >= 11 is 0. The van der Waals surface area contributed by atoms with Gasteiger partial charge in [-0.1, -0.05) is 30.3 Å². The predicted octanol–water partition coefficient (Wildman–Crippen LogP) is 3.93. The zero-order valence-corrected chi connectivity index (χ0v) is 16.6. The van der Waals surface area contributed by atoms with Crippen LogP contribution in [0.15, 0.2) is 54.6 Å². The Morgan fingerprint density at radius 3 is 2.62 bits per heavy atom. The number of nitrogen functional groups attached to an aromatic ring is 1. The molecule has 0 bridgehead atoms. The summed E-state index contributed by atoms with van der Waals surface area (Å²) in [6.07, 6.45) is 2.26. The topological polar surface area (TPSA) is 89.2 Å². The number of nitrogens with zero attached hydrogens (tertiary/aromatic N) is 4. The number of rotatable bonds is 7. The van der Waals surface area contributed by atoms with Crippen LogP contribution in [0.3, 0.4) is 0 Å². The van der Waals surface area contributed by atoms with Crippen LogP contribution in [0, 0.1) is 0 Å². The molecule has 1 aliphatic heterocycles. The fourth-order valence-corrected chi connectivity index (χ4v) is 3.74. The van der Waals surface area contributed by atoms with Crippen molar-refractivity contribution in [1.29, 1.82) is 0 Å². The van der Waals surface area contributed by atoms with E-state index < -0.39 is 0 Å². The van der Waals surface area contributed by atoms with Gasteiger partial charge in [-0.25, -0.2) is 0 Å². The van der Waals surface area contributed by atoms with Gasteiger partial charge in [0.2, 0.25) is 11.9 Å². The van der Waals surface area contributed by atoms with Gasteiger partial charge < -0.3 is 15.8 Å². The van der Waals surface area contributed by atoms with E-state index in [2.05, 4.69) is 37.3 Å². The van der Waals surface area contributed by atoms with E-state index >= 15 is 0 Å². The summed E-state index contributed by atoms with van der Waals surface area (Å²) in [6.45, 7) is 4.31. The highest BCUT2D eigenvalue weighted by molar-refractivity contribution is 5.53. The molecule has 1 saturated heterocycles. The second-order valence-corrected chi connectivity index (χ2v) is 7.06. The highest BCUT2D eigenvalue weighted by Gasteiger charge is 2.27. The van der Waals surface area contributed by atoms with Crippen LogP contribution >= 0.6 is 0 Å². The molecular weight excluding hydrogens is 364 g/mol. The summed E-state index contributed by atoms with van der Waals surface area (Å²) in [5.41, 5.74) is 8.15. The third-order valence-corrected chi connectivity index (χ3v) is 5.01. The van der Waals surface area contributed by atoms with Gasteiger partial charge in [-0.05, 0) is 56.1 Å². The third-order valence-electron chi connectivity index (χ3n) is 5.01. The van der Waals surface area contributed by atoms with Gasteiger partial charge in [-0.3, -0.25) is 4.90 Å². The Bertz CT molecular complexity index is 932. The summed E-state index contributed by atoms with van der Waals surface area (Å²) in [4.78, 5) is 15.6. The van der Waals surface area contributed by atoms with E-state index in [1.54, 1.807) is 0 Å². The minimum absolute atomic E-state index is 0.227. The Morgan fingerprint density at radius 1 is 1.07 bits per heavy atom. The van der Waals surface area contributed by atoms with E-state index in [9.17, 15) is 0 Å². The van der Waals surface area contributed by atoms with Crippen molar-refractivity contribution in [2.45, 2.75) is 32.4 Å². The van der Waals surface area contributed by atoms with Gasteiger partial charge in [0.05, 0.1) is 13.2 Å². The first-order valence-electron chi connectivity index (χ1n) is 10.0. The number of aromatic nitrogens is 3. The lowest BCUT2D eigenvalue weighted by Gasteiger charge is -2.24. The van der Waals surface area contributed by atoms with Crippen LogP contribution in [0.25, 0.3) is 0 Å². The molecule has 150 valence electrons. The number of hydrogen-bond acceptors (Lipinski definition) is 7. The Balaban J connectivity index is 1.49. The van der Waals surface area contributed by atoms with Crippen LogP contribution in [0.2, 0.25) is 0 Å². The highest BCUT2D eigenvalue weighted by atomic mass is 16.5. The smallest absolute Gasteiger partial charge is 0.232 e. The maximum absolute atomic E-state index is 5.94. The van der Waals surface area contributed by atoms with E-state index in [-0.39, 0.29) is 5.95 Å². The molecule has 1 atom stereocenters. The quantitative estimate of drug-likeness (QED) is 0.632. The normalized spacial score (nSPS) is 16.7. The summed E-state index contributed by atoms with van der Waals surface area (Å²) in [5.74, 6) is 2.28. The molecule has 7 heteroatoms. The van der Waals surface area contributed by atoms with Crippen molar-refractivity contribution in [1.82, 2.24) is 19.9 Å². The summed E-state index contributed by atoms with van der Waals surface area (Å²) in [6, 6.07) is 18.5. The van der Waals surface area contributed by atoms with Crippen LogP contribution in [-0.4, -0.2) is 33.0 Å². The number of likely N-dealkylation sites (tertiary alicyclic amines) is 1. The number of nitrogens with two attached hydrogens (primary N) is 1. The minimum Gasteiger partial charge on any atom is -0.494 e. The summed E-state index contributed by atoms with van der Waals surface area (Å²) < 4.78 is 5.56. The fourth-order valence-electron chi connectivity index (χ4n) is 3.74. The zero-order valence-electron chi connectivity index (χ0n) is 16.6. The van der Waals surface area contributed by atoms with Gasteiger partial charge in [-0.2, -0.15) is 15.0 Å². The Kier molecular flexibility index (Phi) is 5.86. The first-order chi connectivity index (χ1) is 14.2. The molecule has 1 aromatic heterocycles. The molecule has 3 N–H and O–H groups in total. The third kappa shape index (κ3) is 4.81. The lowest BCUT2D eigenvalue weighted by atomic mass is 10.0. The van der Waals surface area contributed by atoms with E-state index in [4.69, 9.17) is 10.5 Å². The molecule has 3 aromatic rings. The number of anilines is 3. The highest BCUT2D eigenvalue weighted by Crippen LogP contribution is 2.33. The Hall–Kier alpha value is -3.19. The van der Waals surface area contributed by atoms with E-state index in [0.717, 1.165) is 30.8 Å². The van der Waals surface area contributed by atoms with Gasteiger partial charge >= 0.3 is 0 Å². The van der Waals surface area contributed by atoms with Gasteiger partial charge in [-0.15, -0.1) is 0 Å². The second kappa shape index (κ2) is 8.87. The molecule has 0 saturated carbocycles. The second-order valence-electron chi connectivity index (χ2n) is 7.06. The number of ether oxygens (including phenoxy) is 1. The molecule has 4 rings (SSSR count). The van der Waals surface area contributed by atoms with Crippen LogP contribution in [0.4, 0.5) is 17.6 Å². The monoisotopic (exact) mass is 390 g/mol. The molecular formula is C22H26N6O. The van der Waals surface area contributed by atoms with Gasteiger partial charge in [0.15, 0.2) is 0 Å². The first-order valence-corrected chi connectivity index (χ1v) is 10.0. The minimum atomic E-state index is 0.227. The van der Waals surface area contributed by atoms with Crippen LogP contribution < -0.4 is 15.8 Å². The van der Waals surface area contributed by atoms with Crippen LogP contribution in [0.1, 0.15) is 37.2 Å². The number of hydrogen-bond donors (Lipinski definition) is 2. The first kappa shape index (κ1) is 19.1. The maximum atomic E-state index is 5.94. The molecule has 0 radical (unpaired) electrons. The van der Waals surface area contributed by atoms with Crippen molar-refractivity contribution in [3.8, 4) is 5.75 Å². The van der Waals surface area contributed by atoms with E-state index in [1.165, 1.54) is 5.56 Å². The standard InChI is InChI=1S/C22H26N6O/c1-2-29-18-12-10-16(11-13-18)19-9-6-14-28(19)15-20-25-21(23)27-22(26-20)24-17-7-4-3-5-8-17/h3-5,7-8,10-13,19H,2,6,9,14-15H2,1H3,(H3,23,24,25,26,27).